The average molecular weight is 562 g/mol. The molecule has 3 aromatic rings. The fraction of sp³-hybridized carbons (Fsp3) is 0.286. The molecule has 0 aliphatic rings. The second-order valence-corrected chi connectivity index (χ2v) is 11.3. The third-order valence-corrected chi connectivity index (χ3v) is 6.98. The number of anilines is 1. The Kier molecular flexibility index (Phi) is 9.74. The molecule has 2 amide bonds. The highest BCUT2D eigenvalue weighted by Crippen LogP contribution is 2.22. The van der Waals surface area contributed by atoms with Crippen molar-refractivity contribution in [1.29, 1.82) is 0 Å². The lowest BCUT2D eigenvalue weighted by atomic mass is 10.0. The van der Waals surface area contributed by atoms with Crippen molar-refractivity contribution in [1.82, 2.24) is 10.2 Å². The first-order chi connectivity index (χ1) is 18.3. The molecular weight excluding hydrogens is 531 g/mol. The zero-order chi connectivity index (χ0) is 28.7. The molecule has 11 heteroatoms. The van der Waals surface area contributed by atoms with Gasteiger partial charge in [-0.2, -0.15) is 0 Å². The zero-order valence-corrected chi connectivity index (χ0v) is 22.6. The Morgan fingerprint density at radius 2 is 1.51 bits per heavy atom. The molecule has 3 rings (SSSR count). The Balaban J connectivity index is 2.06. The summed E-state index contributed by atoms with van der Waals surface area (Å²) in [6.07, 6.45) is 0.940. The van der Waals surface area contributed by atoms with E-state index in [1.54, 1.807) is 44.2 Å². The Hall–Kier alpha value is -3.86. The Morgan fingerprint density at radius 3 is 2.08 bits per heavy atom. The van der Waals surface area contributed by atoms with Crippen LogP contribution in [0.2, 0.25) is 0 Å². The van der Waals surface area contributed by atoms with Crippen molar-refractivity contribution in [2.24, 2.45) is 0 Å². The van der Waals surface area contributed by atoms with Crippen molar-refractivity contribution in [3.05, 3.63) is 101 Å². The number of benzene rings is 3. The Labute approximate surface area is 226 Å². The monoisotopic (exact) mass is 561 g/mol. The van der Waals surface area contributed by atoms with Crippen LogP contribution in [0.4, 0.5) is 18.9 Å². The summed E-state index contributed by atoms with van der Waals surface area (Å²) in [5.41, 5.74) is 0.996. The number of amides is 2. The molecule has 0 aliphatic carbocycles. The normalized spacial score (nSPS) is 12.2. The van der Waals surface area contributed by atoms with Crippen LogP contribution in [0, 0.1) is 17.5 Å². The molecule has 0 saturated heterocycles. The second-order valence-electron chi connectivity index (χ2n) is 9.38. The minimum Gasteiger partial charge on any atom is -0.352 e. The summed E-state index contributed by atoms with van der Waals surface area (Å²) in [4.78, 5) is 28.4. The van der Waals surface area contributed by atoms with Crippen LogP contribution < -0.4 is 9.62 Å². The van der Waals surface area contributed by atoms with Crippen LogP contribution in [0.1, 0.15) is 25.0 Å². The van der Waals surface area contributed by atoms with Crippen LogP contribution in [0.5, 0.6) is 0 Å². The summed E-state index contributed by atoms with van der Waals surface area (Å²) < 4.78 is 67.0. The molecule has 0 fully saturated rings. The van der Waals surface area contributed by atoms with Gasteiger partial charge in [0.05, 0.1) is 11.9 Å². The molecule has 0 aromatic heterocycles. The van der Waals surface area contributed by atoms with Crippen LogP contribution in [0.3, 0.4) is 0 Å². The van der Waals surface area contributed by atoms with Gasteiger partial charge in [0.1, 0.15) is 18.4 Å². The number of hydrogen-bond acceptors (Lipinski definition) is 4. The molecule has 0 spiro atoms. The van der Waals surface area contributed by atoms with E-state index in [-0.39, 0.29) is 24.7 Å². The molecule has 3 aromatic carbocycles. The van der Waals surface area contributed by atoms with Gasteiger partial charge in [0.15, 0.2) is 11.6 Å². The Morgan fingerprint density at radius 1 is 0.872 bits per heavy atom. The number of carbonyl (C=O) groups excluding carboxylic acids is 2. The molecular formula is C28H30F3N3O4S. The minimum absolute atomic E-state index is 0.108. The van der Waals surface area contributed by atoms with E-state index < -0.39 is 51.9 Å². The second kappa shape index (κ2) is 12.8. The van der Waals surface area contributed by atoms with E-state index in [1.807, 2.05) is 0 Å². The van der Waals surface area contributed by atoms with Gasteiger partial charge in [-0.05, 0) is 49.2 Å². The van der Waals surface area contributed by atoms with Crippen molar-refractivity contribution >= 4 is 27.5 Å². The van der Waals surface area contributed by atoms with Crippen LogP contribution in [0.25, 0.3) is 0 Å². The highest BCUT2D eigenvalue weighted by atomic mass is 32.2. The van der Waals surface area contributed by atoms with E-state index in [1.165, 1.54) is 29.2 Å². The molecule has 0 heterocycles. The van der Waals surface area contributed by atoms with Crippen molar-refractivity contribution in [3.8, 4) is 0 Å². The summed E-state index contributed by atoms with van der Waals surface area (Å²) >= 11 is 0. The van der Waals surface area contributed by atoms with Crippen molar-refractivity contribution in [2.45, 2.75) is 38.9 Å². The average Bonchev–Trinajstić information content (AvgIpc) is 2.87. The SMILES string of the molecule is CC(C)NC(=O)[C@H](Cc1ccccc1)N(Cc1ccc(F)cc1)C(=O)CN(c1ccc(F)c(F)c1)S(C)(=O)=O. The van der Waals surface area contributed by atoms with Gasteiger partial charge in [0.2, 0.25) is 21.8 Å². The molecule has 0 bridgehead atoms. The van der Waals surface area contributed by atoms with Crippen LogP contribution in [-0.2, 0) is 32.6 Å². The lowest BCUT2D eigenvalue weighted by molar-refractivity contribution is -0.140. The lowest BCUT2D eigenvalue weighted by Gasteiger charge is -2.34. The van der Waals surface area contributed by atoms with Gasteiger partial charge in [-0.15, -0.1) is 0 Å². The van der Waals surface area contributed by atoms with Gasteiger partial charge in [0, 0.05) is 25.1 Å². The zero-order valence-electron chi connectivity index (χ0n) is 21.8. The Bertz CT molecular complexity index is 1400. The predicted molar refractivity (Wildman–Crippen MR) is 143 cm³/mol. The predicted octanol–water partition coefficient (Wildman–Crippen LogP) is 4.03. The molecule has 0 unspecified atom stereocenters. The van der Waals surface area contributed by atoms with E-state index in [2.05, 4.69) is 5.32 Å². The van der Waals surface area contributed by atoms with E-state index in [9.17, 15) is 31.2 Å². The molecule has 7 nitrogen and oxygen atoms in total. The third kappa shape index (κ3) is 8.31. The van der Waals surface area contributed by atoms with Gasteiger partial charge in [-0.1, -0.05) is 42.5 Å². The first kappa shape index (κ1) is 29.7. The molecule has 0 aliphatic heterocycles. The summed E-state index contributed by atoms with van der Waals surface area (Å²) in [5.74, 6) is -4.19. The van der Waals surface area contributed by atoms with Crippen molar-refractivity contribution < 1.29 is 31.2 Å². The number of sulfonamides is 1. The molecule has 0 radical (unpaired) electrons. The number of hydrogen-bond donors (Lipinski definition) is 1. The molecule has 208 valence electrons. The maximum Gasteiger partial charge on any atom is 0.244 e. The number of halogens is 3. The first-order valence-corrected chi connectivity index (χ1v) is 14.0. The minimum atomic E-state index is -4.13. The van der Waals surface area contributed by atoms with Crippen LogP contribution in [-0.4, -0.2) is 50.0 Å². The maximum absolute atomic E-state index is 14.0. The van der Waals surface area contributed by atoms with Crippen LogP contribution >= 0.6 is 0 Å². The standard InChI is InChI=1S/C28H30F3N3O4S/c1-19(2)32-28(36)26(15-20-7-5-4-6-8-20)33(17-21-9-11-22(29)12-10-21)27(35)18-34(39(3,37)38)23-13-14-24(30)25(31)16-23/h4-14,16,19,26H,15,17-18H2,1-3H3,(H,32,36)/t26-/m0/s1. The molecule has 1 N–H and O–H groups in total. The van der Waals surface area contributed by atoms with Crippen molar-refractivity contribution in [2.75, 3.05) is 17.1 Å². The fourth-order valence-electron chi connectivity index (χ4n) is 3.98. The van der Waals surface area contributed by atoms with Crippen molar-refractivity contribution in [3.63, 3.8) is 0 Å². The highest BCUT2D eigenvalue weighted by Gasteiger charge is 2.33. The summed E-state index contributed by atoms with van der Waals surface area (Å²) in [7, 11) is -4.13. The smallest absolute Gasteiger partial charge is 0.244 e. The first-order valence-electron chi connectivity index (χ1n) is 12.2. The third-order valence-electron chi connectivity index (χ3n) is 5.84. The molecule has 1 atom stereocenters. The topological polar surface area (TPSA) is 86.8 Å². The summed E-state index contributed by atoms with van der Waals surface area (Å²) in [6.45, 7) is 2.60. The van der Waals surface area contributed by atoms with Gasteiger partial charge >= 0.3 is 0 Å². The van der Waals surface area contributed by atoms with E-state index in [0.29, 0.717) is 15.9 Å². The van der Waals surface area contributed by atoms with E-state index in [0.717, 1.165) is 24.0 Å². The summed E-state index contributed by atoms with van der Waals surface area (Å²) in [6, 6.07) is 15.5. The van der Waals surface area contributed by atoms with Gasteiger partial charge in [-0.3, -0.25) is 13.9 Å². The summed E-state index contributed by atoms with van der Waals surface area (Å²) in [5, 5.41) is 2.81. The fourth-order valence-corrected chi connectivity index (χ4v) is 4.82. The van der Waals surface area contributed by atoms with Crippen LogP contribution in [0.15, 0.2) is 72.8 Å². The number of carbonyl (C=O) groups is 2. The highest BCUT2D eigenvalue weighted by molar-refractivity contribution is 7.92. The maximum atomic E-state index is 14.0. The van der Waals surface area contributed by atoms with Gasteiger partial charge in [0.25, 0.3) is 0 Å². The lowest BCUT2D eigenvalue weighted by Crippen LogP contribution is -2.54. The number of nitrogens with one attached hydrogen (secondary N) is 1. The van der Waals surface area contributed by atoms with E-state index >= 15 is 0 Å². The number of nitrogens with zero attached hydrogens (tertiary/aromatic N) is 2. The van der Waals surface area contributed by atoms with Gasteiger partial charge < -0.3 is 10.2 Å². The van der Waals surface area contributed by atoms with Gasteiger partial charge in [-0.25, -0.2) is 21.6 Å². The number of rotatable bonds is 11. The molecule has 39 heavy (non-hydrogen) atoms. The largest absolute Gasteiger partial charge is 0.352 e. The quantitative estimate of drug-likeness (QED) is 0.383. The molecule has 0 saturated carbocycles. The van der Waals surface area contributed by atoms with E-state index in [4.69, 9.17) is 0 Å².